The van der Waals surface area contributed by atoms with Gasteiger partial charge in [-0.2, -0.15) is 0 Å². The lowest BCUT2D eigenvalue weighted by Crippen LogP contribution is -2.16. The number of halogens is 2. The van der Waals surface area contributed by atoms with Crippen LogP contribution >= 0.6 is 0 Å². The van der Waals surface area contributed by atoms with E-state index in [1.165, 1.54) is 36.9 Å². The highest BCUT2D eigenvalue weighted by atomic mass is 32.2. The van der Waals surface area contributed by atoms with Gasteiger partial charge < -0.3 is 18.1 Å². The fourth-order valence-corrected chi connectivity index (χ4v) is 4.19. The number of aromatic nitrogens is 5. The number of rotatable bonds is 7. The van der Waals surface area contributed by atoms with E-state index in [1.54, 1.807) is 6.92 Å². The lowest BCUT2D eigenvalue weighted by molar-refractivity contribution is 0.394. The van der Waals surface area contributed by atoms with Crippen LogP contribution < -0.4 is 15.0 Å². The van der Waals surface area contributed by atoms with E-state index >= 15 is 0 Å². The molecule has 5 heterocycles. The number of sulfonamides is 1. The maximum atomic E-state index is 14.3. The predicted molar refractivity (Wildman–Crippen MR) is 130 cm³/mol. The summed E-state index contributed by atoms with van der Waals surface area (Å²) in [5.74, 6) is -3.11. The summed E-state index contributed by atoms with van der Waals surface area (Å²) >= 11 is 0. The Hall–Kier alpha value is -4.66. The first-order valence-corrected chi connectivity index (χ1v) is 12.6. The summed E-state index contributed by atoms with van der Waals surface area (Å²) in [6.45, 7) is 3.03. The molecule has 5 rings (SSSR count). The number of hydrogen-bond donors (Lipinski definition) is 1. The van der Waals surface area contributed by atoms with Crippen LogP contribution in [0.5, 0.6) is 11.6 Å². The highest BCUT2D eigenvalue weighted by Gasteiger charge is 2.24. The van der Waals surface area contributed by atoms with Gasteiger partial charge in [-0.1, -0.05) is 0 Å². The highest BCUT2D eigenvalue weighted by Crippen LogP contribution is 2.39. The Labute approximate surface area is 213 Å². The normalized spacial score (nSPS) is 11.7. The summed E-state index contributed by atoms with van der Waals surface area (Å²) < 4.78 is 73.5. The van der Waals surface area contributed by atoms with Crippen LogP contribution in [0.4, 0.5) is 14.5 Å². The SMILES string of the molecule is CCS(=O)(=O)Nc1cnc(Oc2c(F)cncc2F)c(-c2cn(C)c(=O)c3cc(-c4nnc(C)o4)oc23)c1. The molecule has 0 aliphatic rings. The van der Waals surface area contributed by atoms with Gasteiger partial charge in [0.05, 0.1) is 41.0 Å². The van der Waals surface area contributed by atoms with Gasteiger partial charge in [-0.25, -0.2) is 22.2 Å². The number of aryl methyl sites for hydroxylation is 2. The molecule has 0 saturated heterocycles. The average molecular weight is 544 g/mol. The van der Waals surface area contributed by atoms with Crippen molar-refractivity contribution in [3.63, 3.8) is 0 Å². The molecule has 12 nitrogen and oxygen atoms in total. The number of nitrogens with zero attached hydrogens (tertiary/aromatic N) is 5. The zero-order valence-corrected chi connectivity index (χ0v) is 20.8. The maximum Gasteiger partial charge on any atom is 0.283 e. The Kier molecular flexibility index (Phi) is 6.14. The van der Waals surface area contributed by atoms with Gasteiger partial charge in [-0.15, -0.1) is 10.2 Å². The molecule has 0 radical (unpaired) electrons. The van der Waals surface area contributed by atoms with E-state index < -0.39 is 33.0 Å². The topological polar surface area (TPSA) is 155 Å². The lowest BCUT2D eigenvalue weighted by Gasteiger charge is -2.14. The Morgan fingerprint density at radius 3 is 2.47 bits per heavy atom. The minimum atomic E-state index is -3.71. The molecule has 38 heavy (non-hydrogen) atoms. The van der Waals surface area contributed by atoms with Crippen molar-refractivity contribution in [2.75, 3.05) is 10.5 Å². The van der Waals surface area contributed by atoms with E-state index in [1.807, 2.05) is 0 Å². The third kappa shape index (κ3) is 4.58. The van der Waals surface area contributed by atoms with Gasteiger partial charge in [0.15, 0.2) is 17.4 Å². The summed E-state index contributed by atoms with van der Waals surface area (Å²) in [6, 6.07) is 2.75. The van der Waals surface area contributed by atoms with Crippen LogP contribution in [0.25, 0.3) is 33.7 Å². The molecular formula is C23H18F2N6O6S. The Bertz CT molecular complexity index is 1840. The fraction of sp³-hybridized carbons (Fsp3) is 0.174. The van der Waals surface area contributed by atoms with Crippen molar-refractivity contribution in [3.8, 4) is 34.4 Å². The number of furan rings is 1. The van der Waals surface area contributed by atoms with Crippen LogP contribution in [0.3, 0.4) is 0 Å². The van der Waals surface area contributed by atoms with Crippen molar-refractivity contribution in [1.29, 1.82) is 0 Å². The van der Waals surface area contributed by atoms with Crippen LogP contribution in [0, 0.1) is 18.6 Å². The summed E-state index contributed by atoms with van der Waals surface area (Å²) in [5, 5.41) is 7.77. The third-order valence-corrected chi connectivity index (χ3v) is 6.70. The van der Waals surface area contributed by atoms with Crippen LogP contribution in [-0.2, 0) is 17.1 Å². The van der Waals surface area contributed by atoms with Crippen LogP contribution in [0.2, 0.25) is 0 Å². The van der Waals surface area contributed by atoms with E-state index in [0.717, 1.165) is 18.6 Å². The van der Waals surface area contributed by atoms with Gasteiger partial charge in [0.2, 0.25) is 27.5 Å². The van der Waals surface area contributed by atoms with Crippen molar-refractivity contribution >= 4 is 26.7 Å². The van der Waals surface area contributed by atoms with E-state index in [4.69, 9.17) is 13.6 Å². The molecule has 1 N–H and O–H groups in total. The molecule has 5 aromatic rings. The summed E-state index contributed by atoms with van der Waals surface area (Å²) in [5.41, 5.74) is -0.109. The summed E-state index contributed by atoms with van der Waals surface area (Å²) in [7, 11) is -2.23. The molecule has 0 atom stereocenters. The number of hydrogen-bond acceptors (Lipinski definition) is 10. The van der Waals surface area contributed by atoms with E-state index in [9.17, 15) is 22.0 Å². The minimum absolute atomic E-state index is 0.0201. The Morgan fingerprint density at radius 1 is 1.08 bits per heavy atom. The third-order valence-electron chi connectivity index (χ3n) is 5.39. The lowest BCUT2D eigenvalue weighted by atomic mass is 10.1. The van der Waals surface area contributed by atoms with Gasteiger partial charge in [0.25, 0.3) is 11.4 Å². The number of anilines is 1. The van der Waals surface area contributed by atoms with Crippen molar-refractivity contribution in [3.05, 3.63) is 64.8 Å². The van der Waals surface area contributed by atoms with E-state index in [0.29, 0.717) is 0 Å². The van der Waals surface area contributed by atoms with Crippen LogP contribution in [-0.4, -0.2) is 38.9 Å². The molecule has 0 spiro atoms. The number of pyridine rings is 3. The Balaban J connectivity index is 1.76. The molecule has 0 unspecified atom stereocenters. The van der Waals surface area contributed by atoms with Crippen LogP contribution in [0.1, 0.15) is 12.8 Å². The van der Waals surface area contributed by atoms with Crippen LogP contribution in [0.15, 0.2) is 50.5 Å². The van der Waals surface area contributed by atoms with Gasteiger partial charge >= 0.3 is 0 Å². The average Bonchev–Trinajstić information content (AvgIpc) is 3.51. The highest BCUT2D eigenvalue weighted by molar-refractivity contribution is 7.92. The Morgan fingerprint density at radius 2 is 1.82 bits per heavy atom. The molecule has 0 aliphatic heterocycles. The van der Waals surface area contributed by atoms with Crippen molar-refractivity contribution in [1.82, 2.24) is 24.7 Å². The second kappa shape index (κ2) is 9.33. The molecule has 0 fully saturated rings. The van der Waals surface area contributed by atoms with Gasteiger partial charge in [-0.3, -0.25) is 14.5 Å². The molecule has 15 heteroatoms. The molecule has 0 aromatic carbocycles. The monoisotopic (exact) mass is 544 g/mol. The van der Waals surface area contributed by atoms with Gasteiger partial charge in [-0.05, 0) is 13.0 Å². The fourth-order valence-electron chi connectivity index (χ4n) is 3.57. The van der Waals surface area contributed by atoms with E-state index in [2.05, 4.69) is 24.9 Å². The zero-order chi connectivity index (χ0) is 27.2. The van der Waals surface area contributed by atoms with Crippen molar-refractivity contribution < 1.29 is 30.8 Å². The second-order valence-corrected chi connectivity index (χ2v) is 10.1. The minimum Gasteiger partial charge on any atom is -0.450 e. The maximum absolute atomic E-state index is 14.3. The van der Waals surface area contributed by atoms with Gasteiger partial charge in [0.1, 0.15) is 5.58 Å². The summed E-state index contributed by atoms with van der Waals surface area (Å²) in [4.78, 5) is 20.4. The molecule has 5 aromatic heterocycles. The molecule has 0 amide bonds. The first-order chi connectivity index (χ1) is 18.1. The van der Waals surface area contributed by atoms with Crippen molar-refractivity contribution in [2.24, 2.45) is 7.05 Å². The quantitative estimate of drug-likeness (QED) is 0.320. The first kappa shape index (κ1) is 25.0. The molecular weight excluding hydrogens is 526 g/mol. The zero-order valence-electron chi connectivity index (χ0n) is 20.0. The molecule has 196 valence electrons. The standard InChI is InChI=1S/C23H18F2N6O6S/c1-4-38(33,34)30-12-5-13(21(27-7-12)37-20-16(24)8-26-9-17(20)25)15-10-31(3)23(32)14-6-18(36-19(14)15)22-29-28-11(2)35-22/h5-10,30H,4H2,1-3H3. The molecule has 0 saturated carbocycles. The van der Waals surface area contributed by atoms with E-state index in [-0.39, 0.29) is 57.0 Å². The largest absolute Gasteiger partial charge is 0.450 e. The predicted octanol–water partition coefficient (Wildman–Crippen LogP) is 3.78. The number of fused-ring (bicyclic) bond motifs is 1. The number of ether oxygens (including phenoxy) is 1. The summed E-state index contributed by atoms with van der Waals surface area (Å²) in [6.07, 6.45) is 4.03. The molecule has 0 bridgehead atoms. The molecule has 0 aliphatic carbocycles. The number of nitrogens with one attached hydrogen (secondary N) is 1. The van der Waals surface area contributed by atoms with Gasteiger partial charge in [0, 0.05) is 31.8 Å². The second-order valence-electron chi connectivity index (χ2n) is 8.06. The smallest absolute Gasteiger partial charge is 0.283 e. The first-order valence-electron chi connectivity index (χ1n) is 11.0. The van der Waals surface area contributed by atoms with Crippen molar-refractivity contribution in [2.45, 2.75) is 13.8 Å².